The topological polar surface area (TPSA) is 66.4 Å². The second-order valence-electron chi connectivity index (χ2n) is 5.19. The molecule has 1 unspecified atom stereocenters. The Balaban J connectivity index is 2.29. The number of hydrogen-bond donors (Lipinski definition) is 2. The first-order chi connectivity index (χ1) is 9.44. The molecule has 1 saturated carbocycles. The molecule has 1 aromatic carbocycles. The second kappa shape index (κ2) is 5.96. The van der Waals surface area contributed by atoms with E-state index in [-0.39, 0.29) is 17.5 Å². The standard InChI is InChI=1S/C15H19NO3S/c1-11-5-6-13(4-3-9-17)10-15(11)20(18,19)16-12(2)14-7-8-14/h5-6,10,12,14,16-17H,7-9H2,1-2H3. The van der Waals surface area contributed by atoms with Crippen LogP contribution in [0, 0.1) is 24.7 Å². The maximum atomic E-state index is 12.4. The van der Waals surface area contributed by atoms with Gasteiger partial charge in [-0.2, -0.15) is 0 Å². The van der Waals surface area contributed by atoms with E-state index in [0.717, 1.165) is 12.8 Å². The SMILES string of the molecule is Cc1ccc(C#CCO)cc1S(=O)(=O)NC(C)C1CC1. The predicted octanol–water partition coefficient (Wildman–Crippen LogP) is 1.42. The summed E-state index contributed by atoms with van der Waals surface area (Å²) in [6.07, 6.45) is 2.18. The highest BCUT2D eigenvalue weighted by atomic mass is 32.2. The smallest absolute Gasteiger partial charge is 0.241 e. The van der Waals surface area contributed by atoms with Gasteiger partial charge in [-0.15, -0.1) is 0 Å². The van der Waals surface area contributed by atoms with Crippen LogP contribution in [0.15, 0.2) is 23.1 Å². The van der Waals surface area contributed by atoms with Crippen molar-refractivity contribution in [2.45, 2.75) is 37.6 Å². The fourth-order valence-corrected chi connectivity index (χ4v) is 3.69. The van der Waals surface area contributed by atoms with Crippen molar-refractivity contribution < 1.29 is 13.5 Å². The van der Waals surface area contributed by atoms with Gasteiger partial charge in [0.1, 0.15) is 6.61 Å². The lowest BCUT2D eigenvalue weighted by atomic mass is 10.1. The van der Waals surface area contributed by atoms with Gasteiger partial charge in [0.15, 0.2) is 0 Å². The number of hydrogen-bond acceptors (Lipinski definition) is 3. The van der Waals surface area contributed by atoms with Gasteiger partial charge >= 0.3 is 0 Å². The van der Waals surface area contributed by atoms with Gasteiger partial charge in [0.25, 0.3) is 0 Å². The molecular formula is C15H19NO3S. The Morgan fingerprint density at radius 2 is 2.15 bits per heavy atom. The van der Waals surface area contributed by atoms with Crippen molar-refractivity contribution >= 4 is 10.0 Å². The van der Waals surface area contributed by atoms with E-state index in [4.69, 9.17) is 5.11 Å². The van der Waals surface area contributed by atoms with Crippen molar-refractivity contribution in [1.82, 2.24) is 4.72 Å². The molecule has 20 heavy (non-hydrogen) atoms. The van der Waals surface area contributed by atoms with Gasteiger partial charge < -0.3 is 5.11 Å². The van der Waals surface area contributed by atoms with Crippen LogP contribution >= 0.6 is 0 Å². The number of aliphatic hydroxyl groups is 1. The third kappa shape index (κ3) is 3.60. The summed E-state index contributed by atoms with van der Waals surface area (Å²) >= 11 is 0. The molecule has 1 aliphatic carbocycles. The van der Waals surface area contributed by atoms with Crippen LogP contribution in [-0.2, 0) is 10.0 Å². The van der Waals surface area contributed by atoms with E-state index in [1.54, 1.807) is 25.1 Å². The first kappa shape index (κ1) is 15.0. The van der Waals surface area contributed by atoms with E-state index in [2.05, 4.69) is 16.6 Å². The summed E-state index contributed by atoms with van der Waals surface area (Å²) in [7, 11) is -3.52. The largest absolute Gasteiger partial charge is 0.384 e. The molecule has 0 aromatic heterocycles. The number of rotatable bonds is 4. The molecule has 0 spiro atoms. The first-order valence-corrected chi connectivity index (χ1v) is 8.15. The molecule has 5 heteroatoms. The van der Waals surface area contributed by atoms with Gasteiger partial charge in [0.2, 0.25) is 10.0 Å². The molecule has 108 valence electrons. The molecule has 0 heterocycles. The van der Waals surface area contributed by atoms with Gasteiger partial charge in [-0.3, -0.25) is 0 Å². The van der Waals surface area contributed by atoms with Crippen molar-refractivity contribution in [3.63, 3.8) is 0 Å². The van der Waals surface area contributed by atoms with Crippen LogP contribution in [0.25, 0.3) is 0 Å². The van der Waals surface area contributed by atoms with Gasteiger partial charge in [-0.05, 0) is 50.3 Å². The number of benzene rings is 1. The molecule has 1 fully saturated rings. The molecule has 4 nitrogen and oxygen atoms in total. The highest BCUT2D eigenvalue weighted by molar-refractivity contribution is 7.89. The van der Waals surface area contributed by atoms with E-state index in [9.17, 15) is 8.42 Å². The lowest BCUT2D eigenvalue weighted by Gasteiger charge is -2.15. The van der Waals surface area contributed by atoms with Crippen molar-refractivity contribution in [1.29, 1.82) is 0 Å². The van der Waals surface area contributed by atoms with Gasteiger partial charge in [0.05, 0.1) is 4.90 Å². The minimum absolute atomic E-state index is 0.0356. The van der Waals surface area contributed by atoms with E-state index >= 15 is 0 Å². The Morgan fingerprint density at radius 3 is 2.75 bits per heavy atom. The average molecular weight is 293 g/mol. The summed E-state index contributed by atoms with van der Waals surface area (Å²) < 4.78 is 27.6. The highest BCUT2D eigenvalue weighted by Crippen LogP contribution is 2.33. The Kier molecular flexibility index (Phi) is 4.48. The molecular weight excluding hydrogens is 274 g/mol. The third-order valence-electron chi connectivity index (χ3n) is 3.46. The molecule has 0 bridgehead atoms. The molecule has 1 aliphatic rings. The summed E-state index contributed by atoms with van der Waals surface area (Å²) in [5.41, 5.74) is 1.28. The normalized spacial score (nSPS) is 16.4. The Morgan fingerprint density at radius 1 is 1.45 bits per heavy atom. The van der Waals surface area contributed by atoms with E-state index < -0.39 is 10.0 Å². The monoisotopic (exact) mass is 293 g/mol. The zero-order valence-corrected chi connectivity index (χ0v) is 12.5. The average Bonchev–Trinajstić information content (AvgIpc) is 3.21. The summed E-state index contributed by atoms with van der Waals surface area (Å²) in [5.74, 6) is 5.71. The van der Waals surface area contributed by atoms with Gasteiger partial charge in [-0.25, -0.2) is 13.1 Å². The molecule has 0 aliphatic heterocycles. The number of aliphatic hydroxyl groups excluding tert-OH is 1. The molecule has 0 saturated heterocycles. The van der Waals surface area contributed by atoms with Crippen molar-refractivity contribution in [3.8, 4) is 11.8 Å². The summed E-state index contributed by atoms with van der Waals surface area (Å²) in [6.45, 7) is 3.42. The number of aryl methyl sites for hydroxylation is 1. The molecule has 1 atom stereocenters. The minimum atomic E-state index is -3.52. The third-order valence-corrected chi connectivity index (χ3v) is 5.16. The van der Waals surface area contributed by atoms with Crippen LogP contribution in [0.3, 0.4) is 0 Å². The van der Waals surface area contributed by atoms with Crippen LogP contribution in [0.5, 0.6) is 0 Å². The maximum absolute atomic E-state index is 12.4. The van der Waals surface area contributed by atoms with Crippen LogP contribution in [0.2, 0.25) is 0 Å². The Hall–Kier alpha value is -1.35. The Labute approximate surface area is 120 Å². The van der Waals surface area contributed by atoms with E-state index in [0.29, 0.717) is 17.0 Å². The van der Waals surface area contributed by atoms with Gasteiger partial charge in [0, 0.05) is 11.6 Å². The number of sulfonamides is 1. The zero-order chi connectivity index (χ0) is 14.8. The summed E-state index contributed by atoms with van der Waals surface area (Å²) in [5, 5.41) is 8.69. The van der Waals surface area contributed by atoms with Crippen LogP contribution in [-0.4, -0.2) is 26.2 Å². The minimum Gasteiger partial charge on any atom is -0.384 e. The molecule has 1 aromatic rings. The Bertz CT molecular complexity index is 651. The van der Waals surface area contributed by atoms with Crippen LogP contribution in [0.1, 0.15) is 30.9 Å². The fourth-order valence-electron chi connectivity index (χ4n) is 2.11. The van der Waals surface area contributed by atoms with Crippen LogP contribution in [0.4, 0.5) is 0 Å². The summed E-state index contributed by atoms with van der Waals surface area (Å²) in [4.78, 5) is 0.259. The fraction of sp³-hybridized carbons (Fsp3) is 0.467. The quantitative estimate of drug-likeness (QED) is 0.825. The summed E-state index contributed by atoms with van der Waals surface area (Å²) in [6, 6.07) is 5.01. The van der Waals surface area contributed by atoms with Crippen molar-refractivity contribution in [3.05, 3.63) is 29.3 Å². The number of nitrogens with one attached hydrogen (secondary N) is 1. The van der Waals surface area contributed by atoms with E-state index in [1.165, 1.54) is 0 Å². The lowest BCUT2D eigenvalue weighted by Crippen LogP contribution is -2.34. The highest BCUT2D eigenvalue weighted by Gasteiger charge is 2.31. The van der Waals surface area contributed by atoms with E-state index in [1.807, 2.05) is 6.92 Å². The molecule has 0 amide bonds. The second-order valence-corrected chi connectivity index (χ2v) is 6.87. The predicted molar refractivity (Wildman–Crippen MR) is 77.7 cm³/mol. The zero-order valence-electron chi connectivity index (χ0n) is 11.7. The first-order valence-electron chi connectivity index (χ1n) is 6.67. The molecule has 2 rings (SSSR count). The molecule has 2 N–H and O–H groups in total. The molecule has 0 radical (unpaired) electrons. The van der Waals surface area contributed by atoms with Crippen molar-refractivity contribution in [2.75, 3.05) is 6.61 Å². The lowest BCUT2D eigenvalue weighted by molar-refractivity contribution is 0.350. The van der Waals surface area contributed by atoms with Crippen molar-refractivity contribution in [2.24, 2.45) is 5.92 Å². The van der Waals surface area contributed by atoms with Gasteiger partial charge in [-0.1, -0.05) is 17.9 Å². The van der Waals surface area contributed by atoms with Crippen LogP contribution < -0.4 is 4.72 Å². The maximum Gasteiger partial charge on any atom is 0.241 e.